The maximum atomic E-state index is 2.48. The number of hydrogen-bond acceptors (Lipinski definition) is 0. The van der Waals surface area contributed by atoms with Crippen LogP contribution in [0.3, 0.4) is 0 Å². The topological polar surface area (TPSA) is 0 Å². The van der Waals surface area contributed by atoms with Crippen molar-refractivity contribution in [2.45, 2.75) is 60.3 Å². The van der Waals surface area contributed by atoms with Crippen molar-refractivity contribution in [3.05, 3.63) is 0 Å². The van der Waals surface area contributed by atoms with Crippen LogP contribution in [0, 0.1) is 29.6 Å². The van der Waals surface area contributed by atoms with Gasteiger partial charge in [-0.2, -0.15) is 0 Å². The summed E-state index contributed by atoms with van der Waals surface area (Å²) in [6.07, 6.45) is 5.63. The van der Waals surface area contributed by atoms with E-state index >= 15 is 0 Å². The summed E-state index contributed by atoms with van der Waals surface area (Å²) in [4.78, 5) is 0. The third-order valence-corrected chi connectivity index (χ3v) is 4.75. The third kappa shape index (κ3) is 2.15. The summed E-state index contributed by atoms with van der Waals surface area (Å²) in [5, 5.41) is 0. The first kappa shape index (κ1) is 12.1. The Morgan fingerprint density at radius 3 is 2.21 bits per heavy atom. The molecule has 0 spiro atoms. The molecule has 0 heteroatoms. The fraction of sp³-hybridized carbons (Fsp3) is 1.00. The quantitative estimate of drug-likeness (QED) is 0.595. The molecular formula is C14H28. The van der Waals surface area contributed by atoms with E-state index in [1.807, 2.05) is 0 Å². The number of rotatable bonds is 5. The second-order valence-corrected chi connectivity index (χ2v) is 5.49. The largest absolute Gasteiger partial charge is 0.0654 e. The van der Waals surface area contributed by atoms with Gasteiger partial charge in [0.1, 0.15) is 0 Å². The average molecular weight is 196 g/mol. The molecule has 1 rings (SSSR count). The molecule has 84 valence electrons. The van der Waals surface area contributed by atoms with Crippen molar-refractivity contribution in [3.63, 3.8) is 0 Å². The van der Waals surface area contributed by atoms with Crippen LogP contribution >= 0.6 is 0 Å². The lowest BCUT2D eigenvalue weighted by molar-refractivity contribution is -0.0392. The summed E-state index contributed by atoms with van der Waals surface area (Å²) in [6, 6.07) is 0. The Bertz CT molecular complexity index is 161. The zero-order valence-electron chi connectivity index (χ0n) is 10.7. The normalized spacial score (nSPS) is 39.2. The summed E-state index contributed by atoms with van der Waals surface area (Å²) in [5.74, 6) is 4.98. The summed E-state index contributed by atoms with van der Waals surface area (Å²) >= 11 is 0. The fourth-order valence-corrected chi connectivity index (χ4v) is 3.64. The molecule has 14 heavy (non-hydrogen) atoms. The molecular weight excluding hydrogens is 168 g/mol. The molecule has 0 N–H and O–H groups in total. The molecule has 0 radical (unpaired) electrons. The van der Waals surface area contributed by atoms with Gasteiger partial charge in [0, 0.05) is 0 Å². The third-order valence-electron chi connectivity index (χ3n) is 4.75. The van der Waals surface area contributed by atoms with Crippen molar-refractivity contribution in [2.24, 2.45) is 29.6 Å². The number of hydrogen-bond donors (Lipinski definition) is 0. The predicted octanol–water partition coefficient (Wildman–Crippen LogP) is 4.74. The summed E-state index contributed by atoms with van der Waals surface area (Å²) in [7, 11) is 0. The molecule has 0 amide bonds. The molecule has 1 aliphatic carbocycles. The summed E-state index contributed by atoms with van der Waals surface area (Å²) < 4.78 is 0. The highest BCUT2D eigenvalue weighted by Gasteiger charge is 2.45. The van der Waals surface area contributed by atoms with E-state index in [1.54, 1.807) is 0 Å². The summed E-state index contributed by atoms with van der Waals surface area (Å²) in [6.45, 7) is 12.1. The molecule has 5 unspecified atom stereocenters. The molecule has 5 atom stereocenters. The van der Waals surface area contributed by atoms with Gasteiger partial charge in [0.15, 0.2) is 0 Å². The van der Waals surface area contributed by atoms with E-state index in [0.717, 1.165) is 29.6 Å². The molecule has 0 bridgehead atoms. The molecule has 1 fully saturated rings. The van der Waals surface area contributed by atoms with Crippen molar-refractivity contribution in [2.75, 3.05) is 0 Å². The van der Waals surface area contributed by atoms with Crippen LogP contribution in [-0.2, 0) is 0 Å². The lowest BCUT2D eigenvalue weighted by atomic mass is 9.53. The molecule has 0 nitrogen and oxygen atoms in total. The summed E-state index contributed by atoms with van der Waals surface area (Å²) in [5.41, 5.74) is 0. The van der Waals surface area contributed by atoms with E-state index in [1.165, 1.54) is 25.7 Å². The van der Waals surface area contributed by atoms with E-state index in [-0.39, 0.29) is 0 Å². The SMILES string of the molecule is CCCCC(C)C1C(C)C(C)C1CC. The maximum absolute atomic E-state index is 2.48. The fourth-order valence-electron chi connectivity index (χ4n) is 3.64. The van der Waals surface area contributed by atoms with E-state index < -0.39 is 0 Å². The Morgan fingerprint density at radius 2 is 1.71 bits per heavy atom. The Hall–Kier alpha value is 0. The van der Waals surface area contributed by atoms with Gasteiger partial charge in [-0.1, -0.05) is 60.3 Å². The first-order chi connectivity index (χ1) is 6.63. The van der Waals surface area contributed by atoms with E-state index in [4.69, 9.17) is 0 Å². The van der Waals surface area contributed by atoms with Gasteiger partial charge in [0.2, 0.25) is 0 Å². The van der Waals surface area contributed by atoms with Crippen LogP contribution in [-0.4, -0.2) is 0 Å². The molecule has 1 saturated carbocycles. The number of unbranched alkanes of at least 4 members (excludes halogenated alkanes) is 1. The van der Waals surface area contributed by atoms with Crippen LogP contribution in [0.1, 0.15) is 60.3 Å². The molecule has 0 aromatic carbocycles. The highest BCUT2D eigenvalue weighted by Crippen LogP contribution is 2.51. The van der Waals surface area contributed by atoms with Crippen LogP contribution in [0.2, 0.25) is 0 Å². The van der Waals surface area contributed by atoms with Crippen molar-refractivity contribution < 1.29 is 0 Å². The van der Waals surface area contributed by atoms with Gasteiger partial charge in [-0.3, -0.25) is 0 Å². The molecule has 0 aromatic heterocycles. The van der Waals surface area contributed by atoms with Crippen molar-refractivity contribution >= 4 is 0 Å². The monoisotopic (exact) mass is 196 g/mol. The lowest BCUT2D eigenvalue weighted by Gasteiger charge is -2.52. The molecule has 0 saturated heterocycles. The highest BCUT2D eigenvalue weighted by atomic mass is 14.5. The molecule has 0 heterocycles. The first-order valence-electron chi connectivity index (χ1n) is 6.63. The van der Waals surface area contributed by atoms with Crippen LogP contribution in [0.25, 0.3) is 0 Å². The van der Waals surface area contributed by atoms with Gasteiger partial charge in [0.05, 0.1) is 0 Å². The Balaban J connectivity index is 2.42. The predicted molar refractivity (Wildman–Crippen MR) is 64.3 cm³/mol. The van der Waals surface area contributed by atoms with Crippen LogP contribution in [0.4, 0.5) is 0 Å². The minimum absolute atomic E-state index is 0.964. The Kier molecular flexibility index (Phi) is 4.47. The van der Waals surface area contributed by atoms with Gasteiger partial charge in [-0.15, -0.1) is 0 Å². The van der Waals surface area contributed by atoms with E-state index in [9.17, 15) is 0 Å². The second-order valence-electron chi connectivity index (χ2n) is 5.49. The van der Waals surface area contributed by atoms with Gasteiger partial charge < -0.3 is 0 Å². The van der Waals surface area contributed by atoms with Gasteiger partial charge in [0.25, 0.3) is 0 Å². The van der Waals surface area contributed by atoms with Crippen molar-refractivity contribution in [3.8, 4) is 0 Å². The van der Waals surface area contributed by atoms with Crippen molar-refractivity contribution in [1.82, 2.24) is 0 Å². The van der Waals surface area contributed by atoms with Gasteiger partial charge >= 0.3 is 0 Å². The smallest absolute Gasteiger partial charge is 0.0329 e. The van der Waals surface area contributed by atoms with Crippen LogP contribution in [0.15, 0.2) is 0 Å². The van der Waals surface area contributed by atoms with Gasteiger partial charge in [-0.05, 0) is 29.6 Å². The maximum Gasteiger partial charge on any atom is -0.0329 e. The molecule has 0 aromatic rings. The second kappa shape index (κ2) is 5.19. The Labute approximate surface area is 90.5 Å². The van der Waals surface area contributed by atoms with Crippen molar-refractivity contribution in [1.29, 1.82) is 0 Å². The zero-order chi connectivity index (χ0) is 10.7. The van der Waals surface area contributed by atoms with Crippen LogP contribution < -0.4 is 0 Å². The first-order valence-corrected chi connectivity index (χ1v) is 6.63. The molecule has 0 aliphatic heterocycles. The standard InChI is InChI=1S/C14H28/c1-6-8-9-10(3)14-12(5)11(4)13(14)7-2/h10-14H,6-9H2,1-5H3. The van der Waals surface area contributed by atoms with E-state index in [0.29, 0.717) is 0 Å². The molecule has 1 aliphatic rings. The minimum Gasteiger partial charge on any atom is -0.0654 e. The van der Waals surface area contributed by atoms with Crippen LogP contribution in [0.5, 0.6) is 0 Å². The van der Waals surface area contributed by atoms with Gasteiger partial charge in [-0.25, -0.2) is 0 Å². The highest BCUT2D eigenvalue weighted by molar-refractivity contribution is 4.93. The van der Waals surface area contributed by atoms with E-state index in [2.05, 4.69) is 34.6 Å². The average Bonchev–Trinajstić information content (AvgIpc) is 2.20. The lowest BCUT2D eigenvalue weighted by Crippen LogP contribution is -2.46. The minimum atomic E-state index is 0.964. The zero-order valence-corrected chi connectivity index (χ0v) is 10.7. The Morgan fingerprint density at radius 1 is 1.07 bits per heavy atom.